The van der Waals surface area contributed by atoms with E-state index >= 15 is 0 Å². The number of carbonyl (C=O) groups excluding carboxylic acids is 1. The van der Waals surface area contributed by atoms with Gasteiger partial charge in [0.05, 0.1) is 12.1 Å². The highest BCUT2D eigenvalue weighted by atomic mass is 16.3. The molecule has 0 aliphatic heterocycles. The molecule has 2 N–H and O–H groups in total. The molecule has 1 atom stereocenters. The lowest BCUT2D eigenvalue weighted by Crippen LogP contribution is -2.41. The number of rotatable bonds is 4. The van der Waals surface area contributed by atoms with Crippen LogP contribution in [0.3, 0.4) is 0 Å². The van der Waals surface area contributed by atoms with Gasteiger partial charge in [0.1, 0.15) is 0 Å². The second-order valence-corrected chi connectivity index (χ2v) is 3.12. The van der Waals surface area contributed by atoms with Crippen molar-refractivity contribution >= 4 is 6.41 Å². The summed E-state index contributed by atoms with van der Waals surface area (Å²) in [6.07, 6.45) is 0.600. The van der Waals surface area contributed by atoms with E-state index in [0.29, 0.717) is 6.41 Å². The molecule has 0 saturated heterocycles. The number of hydrogen-bond donors (Lipinski definition) is 2. The lowest BCUT2D eigenvalue weighted by molar-refractivity contribution is -0.111. The predicted molar refractivity (Wildman–Crippen MR) is 50.1 cm³/mol. The third-order valence-electron chi connectivity index (χ3n) is 2.10. The number of benzene rings is 1. The Morgan fingerprint density at radius 2 is 2.08 bits per heavy atom. The van der Waals surface area contributed by atoms with Crippen molar-refractivity contribution in [1.29, 1.82) is 0 Å². The summed E-state index contributed by atoms with van der Waals surface area (Å²) in [7, 11) is 0. The highest BCUT2D eigenvalue weighted by Crippen LogP contribution is 2.18. The Labute approximate surface area is 77.4 Å². The standard InChI is InChI=1S/C10H13NO2/c1-10(7-12,11-8-13)9-5-3-2-4-6-9/h2-6,8,12H,7H2,1H3,(H,11,13). The van der Waals surface area contributed by atoms with Crippen LogP contribution in [0, 0.1) is 0 Å². The fraction of sp³-hybridized carbons (Fsp3) is 0.300. The van der Waals surface area contributed by atoms with E-state index in [2.05, 4.69) is 5.32 Å². The van der Waals surface area contributed by atoms with Crippen LogP contribution in [0.4, 0.5) is 0 Å². The number of carbonyl (C=O) groups is 1. The van der Waals surface area contributed by atoms with Crippen LogP contribution in [0.25, 0.3) is 0 Å². The zero-order valence-electron chi connectivity index (χ0n) is 7.53. The molecule has 0 bridgehead atoms. The van der Waals surface area contributed by atoms with Gasteiger partial charge in [0.15, 0.2) is 0 Å². The molecule has 70 valence electrons. The van der Waals surface area contributed by atoms with Gasteiger partial charge >= 0.3 is 0 Å². The second-order valence-electron chi connectivity index (χ2n) is 3.12. The van der Waals surface area contributed by atoms with Crippen LogP contribution in [-0.4, -0.2) is 18.1 Å². The maximum absolute atomic E-state index is 10.3. The van der Waals surface area contributed by atoms with Gasteiger partial charge in [-0.3, -0.25) is 4.79 Å². The number of aliphatic hydroxyl groups is 1. The Bertz CT molecular complexity index is 274. The quantitative estimate of drug-likeness (QED) is 0.666. The first-order valence-corrected chi connectivity index (χ1v) is 4.10. The summed E-state index contributed by atoms with van der Waals surface area (Å²) in [5.41, 5.74) is 0.216. The summed E-state index contributed by atoms with van der Waals surface area (Å²) in [6, 6.07) is 9.37. The largest absolute Gasteiger partial charge is 0.394 e. The average Bonchev–Trinajstić information content (AvgIpc) is 2.19. The number of aliphatic hydroxyl groups excluding tert-OH is 1. The molecule has 1 amide bonds. The molecule has 0 saturated carbocycles. The van der Waals surface area contributed by atoms with E-state index in [0.717, 1.165) is 5.56 Å². The maximum atomic E-state index is 10.3. The zero-order chi connectivity index (χ0) is 9.73. The lowest BCUT2D eigenvalue weighted by atomic mass is 9.93. The van der Waals surface area contributed by atoms with E-state index < -0.39 is 5.54 Å². The molecule has 3 nitrogen and oxygen atoms in total. The van der Waals surface area contributed by atoms with E-state index in [1.54, 1.807) is 6.92 Å². The first-order chi connectivity index (χ1) is 6.23. The number of nitrogens with one attached hydrogen (secondary N) is 1. The molecule has 0 spiro atoms. The molecular weight excluding hydrogens is 166 g/mol. The smallest absolute Gasteiger partial charge is 0.207 e. The van der Waals surface area contributed by atoms with Gasteiger partial charge in [0.2, 0.25) is 6.41 Å². The lowest BCUT2D eigenvalue weighted by Gasteiger charge is -2.26. The van der Waals surface area contributed by atoms with Crippen molar-refractivity contribution in [2.24, 2.45) is 0 Å². The van der Waals surface area contributed by atoms with Gasteiger partial charge in [-0.2, -0.15) is 0 Å². The van der Waals surface area contributed by atoms with Crippen molar-refractivity contribution in [1.82, 2.24) is 5.32 Å². The SMILES string of the molecule is CC(CO)(NC=O)c1ccccc1. The second kappa shape index (κ2) is 4.05. The molecule has 1 aromatic rings. The Morgan fingerprint density at radius 1 is 1.46 bits per heavy atom. The minimum atomic E-state index is -0.678. The molecule has 0 aliphatic rings. The van der Waals surface area contributed by atoms with Crippen molar-refractivity contribution in [3.63, 3.8) is 0 Å². The van der Waals surface area contributed by atoms with Crippen molar-refractivity contribution in [3.05, 3.63) is 35.9 Å². The third kappa shape index (κ3) is 2.06. The Balaban J connectivity index is 2.95. The first-order valence-electron chi connectivity index (χ1n) is 4.10. The van der Waals surface area contributed by atoms with Crippen LogP contribution in [0.5, 0.6) is 0 Å². The molecule has 0 radical (unpaired) electrons. The summed E-state index contributed by atoms with van der Waals surface area (Å²) in [5, 5.41) is 11.7. The van der Waals surface area contributed by atoms with Gasteiger partial charge < -0.3 is 10.4 Å². The number of hydrogen-bond acceptors (Lipinski definition) is 2. The molecule has 13 heavy (non-hydrogen) atoms. The molecule has 1 aromatic carbocycles. The van der Waals surface area contributed by atoms with E-state index in [1.807, 2.05) is 30.3 Å². The fourth-order valence-corrected chi connectivity index (χ4v) is 1.16. The highest BCUT2D eigenvalue weighted by molar-refractivity contribution is 5.49. The highest BCUT2D eigenvalue weighted by Gasteiger charge is 2.23. The van der Waals surface area contributed by atoms with Gasteiger partial charge in [-0.25, -0.2) is 0 Å². The van der Waals surface area contributed by atoms with E-state index in [-0.39, 0.29) is 6.61 Å². The molecule has 1 unspecified atom stereocenters. The predicted octanol–water partition coefficient (Wildman–Crippen LogP) is 0.640. The first kappa shape index (κ1) is 9.74. The van der Waals surface area contributed by atoms with Crippen molar-refractivity contribution in [2.75, 3.05) is 6.61 Å². The molecule has 0 aliphatic carbocycles. The molecule has 0 aromatic heterocycles. The van der Waals surface area contributed by atoms with Crippen LogP contribution in [-0.2, 0) is 10.3 Å². The normalized spacial score (nSPS) is 14.6. The van der Waals surface area contributed by atoms with E-state index in [1.165, 1.54) is 0 Å². The van der Waals surface area contributed by atoms with Crippen LogP contribution < -0.4 is 5.32 Å². The van der Waals surface area contributed by atoms with E-state index in [4.69, 9.17) is 5.11 Å². The van der Waals surface area contributed by atoms with Crippen molar-refractivity contribution in [3.8, 4) is 0 Å². The molecule has 3 heteroatoms. The maximum Gasteiger partial charge on any atom is 0.207 e. The minimum Gasteiger partial charge on any atom is -0.394 e. The van der Waals surface area contributed by atoms with Gasteiger partial charge in [-0.15, -0.1) is 0 Å². The minimum absolute atomic E-state index is 0.115. The van der Waals surface area contributed by atoms with Crippen molar-refractivity contribution < 1.29 is 9.90 Å². The van der Waals surface area contributed by atoms with Gasteiger partial charge in [0.25, 0.3) is 0 Å². The molecule has 0 fully saturated rings. The Kier molecular flexibility index (Phi) is 3.03. The molecular formula is C10H13NO2. The Morgan fingerprint density at radius 3 is 2.54 bits per heavy atom. The number of amides is 1. The summed E-state index contributed by atoms with van der Waals surface area (Å²) < 4.78 is 0. The average molecular weight is 179 g/mol. The summed E-state index contributed by atoms with van der Waals surface area (Å²) in [6.45, 7) is 1.66. The summed E-state index contributed by atoms with van der Waals surface area (Å²) in [5.74, 6) is 0. The Hall–Kier alpha value is -1.35. The van der Waals surface area contributed by atoms with Gasteiger partial charge in [0, 0.05) is 0 Å². The summed E-state index contributed by atoms with van der Waals surface area (Å²) >= 11 is 0. The summed E-state index contributed by atoms with van der Waals surface area (Å²) in [4.78, 5) is 10.3. The topological polar surface area (TPSA) is 49.3 Å². The van der Waals surface area contributed by atoms with Gasteiger partial charge in [-0.05, 0) is 12.5 Å². The molecule has 1 rings (SSSR count). The van der Waals surface area contributed by atoms with Crippen LogP contribution in [0.15, 0.2) is 30.3 Å². The fourth-order valence-electron chi connectivity index (χ4n) is 1.16. The van der Waals surface area contributed by atoms with Gasteiger partial charge in [-0.1, -0.05) is 30.3 Å². The zero-order valence-corrected chi connectivity index (χ0v) is 7.53. The van der Waals surface area contributed by atoms with Crippen molar-refractivity contribution in [2.45, 2.75) is 12.5 Å². The van der Waals surface area contributed by atoms with E-state index in [9.17, 15) is 4.79 Å². The van der Waals surface area contributed by atoms with Crippen LogP contribution in [0.1, 0.15) is 12.5 Å². The van der Waals surface area contributed by atoms with Crippen LogP contribution in [0.2, 0.25) is 0 Å². The van der Waals surface area contributed by atoms with Crippen LogP contribution >= 0.6 is 0 Å². The third-order valence-corrected chi connectivity index (χ3v) is 2.10. The molecule has 0 heterocycles. The monoisotopic (exact) mass is 179 g/mol.